The standard InChI is InChI=1S/C7H14O.C4H4O2/c1-3-6-5-8-7(6)4-2;1-3-2-6-4(3)5/h6-7H,3-5H2,1-2H3;2H,1H3. The molecule has 1 saturated heterocycles. The molecule has 3 nitrogen and oxygen atoms in total. The Morgan fingerprint density at radius 1 is 1.43 bits per heavy atom. The maximum absolute atomic E-state index is 9.94. The Balaban J connectivity index is 0.000000146. The first-order valence-electron chi connectivity index (χ1n) is 5.18. The van der Waals surface area contributed by atoms with E-state index in [1.165, 1.54) is 19.1 Å². The van der Waals surface area contributed by atoms with E-state index in [1.54, 1.807) is 6.92 Å². The molecule has 2 rings (SSSR count). The maximum atomic E-state index is 9.94. The molecule has 0 spiro atoms. The van der Waals surface area contributed by atoms with Crippen molar-refractivity contribution < 1.29 is 14.3 Å². The van der Waals surface area contributed by atoms with Crippen LogP contribution < -0.4 is 0 Å². The van der Waals surface area contributed by atoms with Gasteiger partial charge >= 0.3 is 5.97 Å². The van der Waals surface area contributed by atoms with Gasteiger partial charge in [-0.3, -0.25) is 0 Å². The lowest BCUT2D eigenvalue weighted by atomic mass is 9.93. The Hall–Kier alpha value is -0.830. The summed E-state index contributed by atoms with van der Waals surface area (Å²) in [4.78, 5) is 9.94. The zero-order chi connectivity index (χ0) is 10.6. The van der Waals surface area contributed by atoms with Crippen LogP contribution in [0.5, 0.6) is 0 Å². The van der Waals surface area contributed by atoms with Crippen molar-refractivity contribution in [3.05, 3.63) is 11.8 Å². The van der Waals surface area contributed by atoms with E-state index in [4.69, 9.17) is 4.74 Å². The summed E-state index contributed by atoms with van der Waals surface area (Å²) in [6.45, 7) is 7.14. The molecule has 2 aliphatic heterocycles. The third kappa shape index (κ3) is 2.58. The number of esters is 1. The summed E-state index contributed by atoms with van der Waals surface area (Å²) in [6.07, 6.45) is 4.51. The second kappa shape index (κ2) is 5.15. The summed E-state index contributed by atoms with van der Waals surface area (Å²) in [5, 5.41) is 0. The Morgan fingerprint density at radius 3 is 2.14 bits per heavy atom. The quantitative estimate of drug-likeness (QED) is 0.638. The summed E-state index contributed by atoms with van der Waals surface area (Å²) >= 11 is 0. The Labute approximate surface area is 85.1 Å². The lowest BCUT2D eigenvalue weighted by Gasteiger charge is -2.35. The third-order valence-corrected chi connectivity index (χ3v) is 2.64. The molecule has 14 heavy (non-hydrogen) atoms. The minimum atomic E-state index is -0.199. The van der Waals surface area contributed by atoms with Crippen LogP contribution >= 0.6 is 0 Å². The lowest BCUT2D eigenvalue weighted by molar-refractivity contribution is -0.138. The number of carbonyl (C=O) groups is 1. The molecule has 0 aromatic rings. The second-order valence-corrected chi connectivity index (χ2v) is 3.65. The van der Waals surface area contributed by atoms with Crippen LogP contribution in [-0.2, 0) is 14.3 Å². The van der Waals surface area contributed by atoms with Gasteiger partial charge in [0.1, 0.15) is 6.26 Å². The molecule has 0 aromatic heterocycles. The van der Waals surface area contributed by atoms with Gasteiger partial charge in [-0.25, -0.2) is 4.79 Å². The van der Waals surface area contributed by atoms with Crippen LogP contribution in [-0.4, -0.2) is 18.7 Å². The molecule has 2 heterocycles. The van der Waals surface area contributed by atoms with E-state index < -0.39 is 0 Å². The molecule has 3 heteroatoms. The van der Waals surface area contributed by atoms with Crippen molar-refractivity contribution in [1.29, 1.82) is 0 Å². The van der Waals surface area contributed by atoms with Crippen molar-refractivity contribution >= 4 is 5.97 Å². The van der Waals surface area contributed by atoms with Crippen LogP contribution in [0.3, 0.4) is 0 Å². The molecule has 2 aliphatic rings. The molecule has 80 valence electrons. The Kier molecular flexibility index (Phi) is 4.14. The topological polar surface area (TPSA) is 35.5 Å². The summed E-state index contributed by atoms with van der Waals surface area (Å²) in [5.41, 5.74) is 0.704. The van der Waals surface area contributed by atoms with E-state index in [-0.39, 0.29) is 5.97 Å². The van der Waals surface area contributed by atoms with Gasteiger partial charge in [-0.15, -0.1) is 0 Å². The Morgan fingerprint density at radius 2 is 2.07 bits per heavy atom. The van der Waals surface area contributed by atoms with Gasteiger partial charge in [0, 0.05) is 5.92 Å². The van der Waals surface area contributed by atoms with Crippen LogP contribution in [0.4, 0.5) is 0 Å². The van der Waals surface area contributed by atoms with Crippen LogP contribution in [0, 0.1) is 5.92 Å². The predicted octanol–water partition coefficient (Wildman–Crippen LogP) is 2.27. The van der Waals surface area contributed by atoms with Gasteiger partial charge in [-0.2, -0.15) is 0 Å². The van der Waals surface area contributed by atoms with Crippen molar-refractivity contribution in [3.8, 4) is 0 Å². The maximum Gasteiger partial charge on any atom is 0.341 e. The zero-order valence-electron chi connectivity index (χ0n) is 9.08. The molecule has 0 radical (unpaired) electrons. The molecular formula is C11H18O3. The highest BCUT2D eigenvalue weighted by atomic mass is 16.5. The monoisotopic (exact) mass is 198 g/mol. The smallest absolute Gasteiger partial charge is 0.341 e. The van der Waals surface area contributed by atoms with Gasteiger partial charge in [-0.1, -0.05) is 13.8 Å². The lowest BCUT2D eigenvalue weighted by Crippen LogP contribution is -2.38. The molecule has 2 unspecified atom stereocenters. The summed E-state index contributed by atoms with van der Waals surface area (Å²) in [6, 6.07) is 0. The van der Waals surface area contributed by atoms with Crippen LogP contribution in [0.1, 0.15) is 33.6 Å². The van der Waals surface area contributed by atoms with E-state index in [9.17, 15) is 4.79 Å². The molecule has 2 atom stereocenters. The Bertz CT molecular complexity index is 219. The van der Waals surface area contributed by atoms with E-state index >= 15 is 0 Å². The minimum absolute atomic E-state index is 0.199. The first-order chi connectivity index (χ1) is 6.69. The highest BCUT2D eigenvalue weighted by molar-refractivity contribution is 5.92. The first-order valence-corrected chi connectivity index (χ1v) is 5.18. The van der Waals surface area contributed by atoms with Gasteiger partial charge in [0.15, 0.2) is 0 Å². The van der Waals surface area contributed by atoms with Crippen molar-refractivity contribution in [1.82, 2.24) is 0 Å². The van der Waals surface area contributed by atoms with Crippen molar-refractivity contribution in [2.24, 2.45) is 5.92 Å². The van der Waals surface area contributed by atoms with Crippen molar-refractivity contribution in [3.63, 3.8) is 0 Å². The van der Waals surface area contributed by atoms with Gasteiger partial charge < -0.3 is 9.47 Å². The van der Waals surface area contributed by atoms with Crippen molar-refractivity contribution in [2.75, 3.05) is 6.61 Å². The molecule has 0 aliphatic carbocycles. The molecule has 1 fully saturated rings. The van der Waals surface area contributed by atoms with Crippen LogP contribution in [0.15, 0.2) is 11.8 Å². The largest absolute Gasteiger partial charge is 0.430 e. The average Bonchev–Trinajstić information content (AvgIpc) is 2.16. The van der Waals surface area contributed by atoms with Gasteiger partial charge in [-0.05, 0) is 19.8 Å². The van der Waals surface area contributed by atoms with Gasteiger partial charge in [0.2, 0.25) is 0 Å². The van der Waals surface area contributed by atoms with Gasteiger partial charge in [0.05, 0.1) is 18.3 Å². The highest BCUT2D eigenvalue weighted by Crippen LogP contribution is 2.25. The van der Waals surface area contributed by atoms with E-state index in [0.29, 0.717) is 11.7 Å². The number of carbonyl (C=O) groups excluding carboxylic acids is 1. The number of hydrogen-bond donors (Lipinski definition) is 0. The SMILES string of the molecule is CC1=COC1=O.CCC1COC1CC. The first kappa shape index (κ1) is 11.2. The number of cyclic esters (lactones) is 1. The second-order valence-electron chi connectivity index (χ2n) is 3.65. The minimum Gasteiger partial charge on any atom is -0.430 e. The normalized spacial score (nSPS) is 28.8. The van der Waals surface area contributed by atoms with Crippen LogP contribution in [0.25, 0.3) is 0 Å². The van der Waals surface area contributed by atoms with E-state index in [1.807, 2.05) is 0 Å². The van der Waals surface area contributed by atoms with E-state index in [0.717, 1.165) is 12.5 Å². The molecule has 0 saturated carbocycles. The highest BCUT2D eigenvalue weighted by Gasteiger charge is 2.27. The van der Waals surface area contributed by atoms with Gasteiger partial charge in [0.25, 0.3) is 0 Å². The number of rotatable bonds is 2. The molecule has 0 aromatic carbocycles. The average molecular weight is 198 g/mol. The molecule has 0 amide bonds. The fourth-order valence-electron chi connectivity index (χ4n) is 1.43. The third-order valence-electron chi connectivity index (χ3n) is 2.64. The molecule has 0 N–H and O–H groups in total. The molecule has 0 bridgehead atoms. The summed E-state index contributed by atoms with van der Waals surface area (Å²) in [7, 11) is 0. The summed E-state index contributed by atoms with van der Waals surface area (Å²) in [5.74, 6) is 0.676. The fourth-order valence-corrected chi connectivity index (χ4v) is 1.43. The predicted molar refractivity (Wildman–Crippen MR) is 53.7 cm³/mol. The van der Waals surface area contributed by atoms with Crippen molar-refractivity contribution in [2.45, 2.75) is 39.7 Å². The molecular weight excluding hydrogens is 180 g/mol. The summed E-state index contributed by atoms with van der Waals surface area (Å²) < 4.78 is 9.53. The van der Waals surface area contributed by atoms with E-state index in [2.05, 4.69) is 18.6 Å². The fraction of sp³-hybridized carbons (Fsp3) is 0.727. The number of ether oxygens (including phenoxy) is 2. The zero-order valence-corrected chi connectivity index (χ0v) is 9.08. The van der Waals surface area contributed by atoms with Crippen LogP contribution in [0.2, 0.25) is 0 Å². The number of hydrogen-bond acceptors (Lipinski definition) is 3.